The number of halogens is 2. The fourth-order valence-electron chi connectivity index (χ4n) is 4.16. The van der Waals surface area contributed by atoms with Gasteiger partial charge in [0, 0.05) is 23.5 Å². The van der Waals surface area contributed by atoms with Gasteiger partial charge in [-0.05, 0) is 55.1 Å². The van der Waals surface area contributed by atoms with Gasteiger partial charge in [-0.1, -0.05) is 37.6 Å². The molecule has 33 heavy (non-hydrogen) atoms. The first-order valence-corrected chi connectivity index (χ1v) is 11.2. The number of furan rings is 1. The molecular weight excluding hydrogens is 447 g/mol. The van der Waals surface area contributed by atoms with Crippen LogP contribution in [-0.4, -0.2) is 52.8 Å². The Kier molecular flexibility index (Phi) is 6.54. The molecule has 1 unspecified atom stereocenters. The number of amides is 1. The molecule has 1 amide bonds. The molecule has 1 aromatic heterocycles. The maximum atomic E-state index is 13.6. The Hall–Kier alpha value is -3.16. The van der Waals surface area contributed by atoms with Crippen molar-refractivity contribution in [2.45, 2.75) is 19.9 Å². The van der Waals surface area contributed by atoms with E-state index >= 15 is 0 Å². The van der Waals surface area contributed by atoms with Gasteiger partial charge in [-0.25, -0.2) is 4.39 Å². The first-order chi connectivity index (χ1) is 15.8. The highest BCUT2D eigenvalue weighted by atomic mass is 35.5. The number of likely N-dealkylation sites (N-methyl/N-ethyl adjacent to an activating group) is 1. The van der Waals surface area contributed by atoms with Gasteiger partial charge < -0.3 is 19.3 Å². The molecule has 0 spiro atoms. The summed E-state index contributed by atoms with van der Waals surface area (Å²) in [6.45, 7) is 6.49. The number of aliphatic hydroxyl groups excluding tert-OH is 1. The van der Waals surface area contributed by atoms with Crippen molar-refractivity contribution in [2.24, 2.45) is 0 Å². The third-order valence-electron chi connectivity index (χ3n) is 5.99. The Balaban J connectivity index is 1.75. The third-order valence-corrected chi connectivity index (χ3v) is 6.22. The lowest BCUT2D eigenvalue weighted by atomic mass is 9.95. The molecule has 6 nitrogen and oxygen atoms in total. The van der Waals surface area contributed by atoms with Crippen molar-refractivity contribution in [2.75, 3.05) is 26.2 Å². The summed E-state index contributed by atoms with van der Waals surface area (Å²) in [6, 6.07) is 11.2. The van der Waals surface area contributed by atoms with E-state index in [1.807, 2.05) is 13.8 Å². The van der Waals surface area contributed by atoms with Crippen LogP contribution in [0.3, 0.4) is 0 Å². The minimum Gasteiger partial charge on any atom is -0.503 e. The zero-order valence-electron chi connectivity index (χ0n) is 18.3. The van der Waals surface area contributed by atoms with Crippen molar-refractivity contribution in [3.05, 3.63) is 82.0 Å². The van der Waals surface area contributed by atoms with E-state index in [1.165, 1.54) is 35.2 Å². The summed E-state index contributed by atoms with van der Waals surface area (Å²) in [5.41, 5.74) is 0.899. The van der Waals surface area contributed by atoms with Crippen LogP contribution in [0.5, 0.6) is 0 Å². The smallest absolute Gasteiger partial charge is 0.290 e. The van der Waals surface area contributed by atoms with Crippen LogP contribution >= 0.6 is 11.6 Å². The van der Waals surface area contributed by atoms with Gasteiger partial charge in [-0.3, -0.25) is 9.59 Å². The summed E-state index contributed by atoms with van der Waals surface area (Å²) >= 11 is 6.03. The van der Waals surface area contributed by atoms with E-state index in [0.29, 0.717) is 34.6 Å². The summed E-state index contributed by atoms with van der Waals surface area (Å²) in [5, 5.41) is 11.9. The average molecular weight is 471 g/mol. The highest BCUT2D eigenvalue weighted by Gasteiger charge is 2.44. The van der Waals surface area contributed by atoms with Gasteiger partial charge in [-0.15, -0.1) is 0 Å². The van der Waals surface area contributed by atoms with Gasteiger partial charge in [0.25, 0.3) is 5.91 Å². The average Bonchev–Trinajstić information content (AvgIpc) is 3.33. The van der Waals surface area contributed by atoms with Crippen LogP contribution in [0.25, 0.3) is 11.0 Å². The molecule has 1 aliphatic rings. The lowest BCUT2D eigenvalue weighted by Crippen LogP contribution is -2.38. The molecule has 2 heterocycles. The van der Waals surface area contributed by atoms with Gasteiger partial charge in [-0.2, -0.15) is 0 Å². The fraction of sp³-hybridized carbons (Fsp3) is 0.280. The van der Waals surface area contributed by atoms with E-state index in [0.717, 1.165) is 13.1 Å². The van der Waals surface area contributed by atoms with Crippen molar-refractivity contribution in [3.8, 4) is 0 Å². The van der Waals surface area contributed by atoms with Gasteiger partial charge in [0.05, 0.1) is 11.6 Å². The predicted octanol–water partition coefficient (Wildman–Crippen LogP) is 5.15. The Bertz CT molecular complexity index is 1230. The number of fused-ring (bicyclic) bond motifs is 1. The van der Waals surface area contributed by atoms with E-state index in [9.17, 15) is 19.1 Å². The molecule has 0 saturated heterocycles. The third kappa shape index (κ3) is 4.38. The zero-order chi connectivity index (χ0) is 23.7. The second kappa shape index (κ2) is 9.37. The largest absolute Gasteiger partial charge is 0.503 e. The van der Waals surface area contributed by atoms with Crippen LogP contribution in [0.4, 0.5) is 4.39 Å². The molecule has 2 aromatic carbocycles. The summed E-state index contributed by atoms with van der Waals surface area (Å²) in [6.07, 6.45) is 0. The molecular formula is C25H24ClFN2O4. The SMILES string of the molecule is CCN(CC)CCN1C(=O)C(O)=C(C(=O)c2cc3cc(Cl)ccc3o2)C1c1ccc(F)cc1. The first kappa shape index (κ1) is 23.0. The van der Waals surface area contributed by atoms with Crippen LogP contribution in [0.1, 0.15) is 36.0 Å². The Morgan fingerprint density at radius 1 is 1.15 bits per heavy atom. The fourth-order valence-corrected chi connectivity index (χ4v) is 4.34. The van der Waals surface area contributed by atoms with Gasteiger partial charge in [0.2, 0.25) is 5.78 Å². The number of rotatable bonds is 8. The standard InChI is InChI=1S/C25H24ClFN2O4/c1-3-28(4-2)11-12-29-22(15-5-8-18(27)9-6-15)21(24(31)25(29)32)23(30)20-14-16-13-17(26)7-10-19(16)33-20/h5-10,13-14,22,31H,3-4,11-12H2,1-2H3. The van der Waals surface area contributed by atoms with Crippen LogP contribution in [0.2, 0.25) is 5.02 Å². The van der Waals surface area contributed by atoms with Gasteiger partial charge >= 0.3 is 0 Å². The van der Waals surface area contributed by atoms with Crippen LogP contribution in [0.15, 0.2) is 64.3 Å². The monoisotopic (exact) mass is 470 g/mol. The highest BCUT2D eigenvalue weighted by molar-refractivity contribution is 6.31. The van der Waals surface area contributed by atoms with Gasteiger partial charge in [0.1, 0.15) is 11.4 Å². The number of benzene rings is 2. The summed E-state index contributed by atoms with van der Waals surface area (Å²) < 4.78 is 19.3. The van der Waals surface area contributed by atoms with Crippen molar-refractivity contribution in [1.82, 2.24) is 9.80 Å². The topological polar surface area (TPSA) is 74.0 Å². The van der Waals surface area contributed by atoms with Crippen molar-refractivity contribution >= 4 is 34.3 Å². The molecule has 1 atom stereocenters. The number of hydrogen-bond acceptors (Lipinski definition) is 5. The second-order valence-corrected chi connectivity index (χ2v) is 8.30. The molecule has 0 radical (unpaired) electrons. The molecule has 0 fully saturated rings. The molecule has 0 saturated carbocycles. The lowest BCUT2D eigenvalue weighted by Gasteiger charge is -2.29. The number of carbonyl (C=O) groups is 2. The van der Waals surface area contributed by atoms with Crippen LogP contribution in [-0.2, 0) is 4.79 Å². The Labute approximate surface area is 195 Å². The molecule has 0 aliphatic carbocycles. The molecule has 172 valence electrons. The maximum Gasteiger partial charge on any atom is 0.290 e. The molecule has 8 heteroatoms. The normalized spacial score (nSPS) is 16.5. The van der Waals surface area contributed by atoms with Crippen LogP contribution < -0.4 is 0 Å². The zero-order valence-corrected chi connectivity index (χ0v) is 19.1. The summed E-state index contributed by atoms with van der Waals surface area (Å²) in [7, 11) is 0. The lowest BCUT2D eigenvalue weighted by molar-refractivity contribution is -0.129. The predicted molar refractivity (Wildman–Crippen MR) is 124 cm³/mol. The minimum atomic E-state index is -0.863. The summed E-state index contributed by atoms with van der Waals surface area (Å²) in [5.74, 6) is -2.31. The first-order valence-electron chi connectivity index (χ1n) is 10.8. The van der Waals surface area contributed by atoms with E-state index in [2.05, 4.69) is 4.90 Å². The maximum absolute atomic E-state index is 13.6. The molecule has 0 bridgehead atoms. The van der Waals surface area contributed by atoms with E-state index in [-0.39, 0.29) is 11.3 Å². The number of Topliss-reactive ketones (excluding diaryl/α,β-unsaturated/α-hetero) is 1. The number of carbonyl (C=O) groups excluding carboxylic acids is 2. The number of nitrogens with zero attached hydrogens (tertiary/aromatic N) is 2. The molecule has 4 rings (SSSR count). The summed E-state index contributed by atoms with van der Waals surface area (Å²) in [4.78, 5) is 30.1. The molecule has 1 N–H and O–H groups in total. The molecule has 1 aliphatic heterocycles. The van der Waals surface area contributed by atoms with Crippen molar-refractivity contribution < 1.29 is 23.5 Å². The molecule has 3 aromatic rings. The second-order valence-electron chi connectivity index (χ2n) is 7.86. The van der Waals surface area contributed by atoms with E-state index in [1.54, 1.807) is 18.2 Å². The van der Waals surface area contributed by atoms with Crippen LogP contribution in [0, 0.1) is 5.82 Å². The number of aliphatic hydroxyl groups is 1. The quantitative estimate of drug-likeness (QED) is 0.461. The highest BCUT2D eigenvalue weighted by Crippen LogP contribution is 2.39. The van der Waals surface area contributed by atoms with Crippen molar-refractivity contribution in [1.29, 1.82) is 0 Å². The van der Waals surface area contributed by atoms with Crippen molar-refractivity contribution in [3.63, 3.8) is 0 Å². The Morgan fingerprint density at radius 2 is 1.85 bits per heavy atom. The van der Waals surface area contributed by atoms with Gasteiger partial charge in [0.15, 0.2) is 11.5 Å². The number of ketones is 1. The Morgan fingerprint density at radius 3 is 2.52 bits per heavy atom. The minimum absolute atomic E-state index is 0.0145. The van der Waals surface area contributed by atoms with E-state index in [4.69, 9.17) is 16.0 Å². The van der Waals surface area contributed by atoms with E-state index < -0.39 is 29.3 Å². The number of hydrogen-bond donors (Lipinski definition) is 1.